The number of hydrogen-bond donors (Lipinski definition) is 2. The molecule has 4 nitrogen and oxygen atoms in total. The van der Waals surface area contributed by atoms with E-state index in [0.717, 1.165) is 37.0 Å². The van der Waals surface area contributed by atoms with E-state index in [9.17, 15) is 0 Å². The van der Waals surface area contributed by atoms with E-state index in [0.29, 0.717) is 5.82 Å². The van der Waals surface area contributed by atoms with Gasteiger partial charge in [0.05, 0.1) is 6.10 Å². The van der Waals surface area contributed by atoms with Crippen LogP contribution in [0.2, 0.25) is 0 Å². The Morgan fingerprint density at radius 3 is 3.06 bits per heavy atom. The zero-order valence-corrected chi connectivity index (χ0v) is 9.65. The topological polar surface area (TPSA) is 74.2 Å². The van der Waals surface area contributed by atoms with Gasteiger partial charge in [-0.1, -0.05) is 0 Å². The van der Waals surface area contributed by atoms with Crippen molar-refractivity contribution in [2.75, 3.05) is 12.3 Å². The predicted octanol–water partition coefficient (Wildman–Crippen LogP) is 1.54. The van der Waals surface area contributed by atoms with Crippen molar-refractivity contribution in [2.45, 2.75) is 38.3 Å². The minimum Gasteiger partial charge on any atom is -0.383 e. The largest absolute Gasteiger partial charge is 0.383 e. The lowest BCUT2D eigenvalue weighted by Crippen LogP contribution is -2.20. The van der Waals surface area contributed by atoms with Crippen molar-refractivity contribution in [3.63, 3.8) is 0 Å². The van der Waals surface area contributed by atoms with Gasteiger partial charge in [-0.3, -0.25) is 0 Å². The normalized spacial score (nSPS) is 22.2. The van der Waals surface area contributed by atoms with E-state index >= 15 is 0 Å². The van der Waals surface area contributed by atoms with E-state index < -0.39 is 0 Å². The number of anilines is 1. The maximum Gasteiger partial charge on any atom is 0.128 e. The third kappa shape index (κ3) is 2.33. The molecule has 4 heteroatoms. The molecule has 16 heavy (non-hydrogen) atoms. The molecule has 0 aromatic carbocycles. The number of aryl methyl sites for hydroxylation is 1. The SMILES string of the molecule is Cc1ccnc(N)c1C(N)CC1CCCO1. The van der Waals surface area contributed by atoms with Crippen LogP contribution >= 0.6 is 0 Å². The molecule has 0 spiro atoms. The smallest absolute Gasteiger partial charge is 0.128 e. The lowest BCUT2D eigenvalue weighted by Gasteiger charge is -2.19. The Labute approximate surface area is 96.0 Å². The van der Waals surface area contributed by atoms with Gasteiger partial charge >= 0.3 is 0 Å². The molecule has 1 aliphatic heterocycles. The van der Waals surface area contributed by atoms with E-state index in [4.69, 9.17) is 16.2 Å². The Kier molecular flexibility index (Phi) is 3.41. The monoisotopic (exact) mass is 221 g/mol. The standard InChI is InChI=1S/C12H19N3O/c1-8-4-5-15-12(14)11(8)10(13)7-9-3-2-6-16-9/h4-5,9-10H,2-3,6-7,13H2,1H3,(H2,14,15). The highest BCUT2D eigenvalue weighted by Crippen LogP contribution is 2.27. The summed E-state index contributed by atoms with van der Waals surface area (Å²) in [5.41, 5.74) is 14.1. The fraction of sp³-hybridized carbons (Fsp3) is 0.583. The summed E-state index contributed by atoms with van der Waals surface area (Å²) >= 11 is 0. The molecule has 1 aromatic heterocycles. The van der Waals surface area contributed by atoms with E-state index in [2.05, 4.69) is 4.98 Å². The summed E-state index contributed by atoms with van der Waals surface area (Å²) in [6, 6.07) is 1.87. The molecule has 2 heterocycles. The van der Waals surface area contributed by atoms with Gasteiger partial charge in [-0.15, -0.1) is 0 Å². The third-order valence-corrected chi connectivity index (χ3v) is 3.15. The van der Waals surface area contributed by atoms with Crippen LogP contribution in [0.5, 0.6) is 0 Å². The van der Waals surface area contributed by atoms with Crippen LogP contribution in [0.15, 0.2) is 12.3 Å². The highest BCUT2D eigenvalue weighted by atomic mass is 16.5. The number of rotatable bonds is 3. The maximum absolute atomic E-state index is 6.18. The van der Waals surface area contributed by atoms with Crippen molar-refractivity contribution >= 4 is 5.82 Å². The summed E-state index contributed by atoms with van der Waals surface area (Å²) in [7, 11) is 0. The number of hydrogen-bond acceptors (Lipinski definition) is 4. The van der Waals surface area contributed by atoms with Gasteiger partial charge in [-0.25, -0.2) is 4.98 Å². The number of aromatic nitrogens is 1. The number of nitrogens with zero attached hydrogens (tertiary/aromatic N) is 1. The minimum absolute atomic E-state index is 0.0724. The quantitative estimate of drug-likeness (QED) is 0.812. The van der Waals surface area contributed by atoms with Crippen LogP contribution in [-0.2, 0) is 4.74 Å². The van der Waals surface area contributed by atoms with Gasteiger partial charge in [0, 0.05) is 24.4 Å². The van der Waals surface area contributed by atoms with Gasteiger partial charge in [0.1, 0.15) is 5.82 Å². The average Bonchev–Trinajstić information content (AvgIpc) is 2.70. The molecule has 0 radical (unpaired) electrons. The molecule has 2 atom stereocenters. The first-order chi connectivity index (χ1) is 7.68. The van der Waals surface area contributed by atoms with Crippen molar-refractivity contribution in [1.29, 1.82) is 0 Å². The molecule has 2 rings (SSSR count). The summed E-state index contributed by atoms with van der Waals surface area (Å²) in [5.74, 6) is 0.547. The lowest BCUT2D eigenvalue weighted by atomic mass is 9.97. The first-order valence-corrected chi connectivity index (χ1v) is 5.76. The van der Waals surface area contributed by atoms with Crippen molar-refractivity contribution in [2.24, 2.45) is 5.73 Å². The van der Waals surface area contributed by atoms with Crippen LogP contribution in [0.3, 0.4) is 0 Å². The second-order valence-electron chi connectivity index (χ2n) is 4.40. The number of pyridine rings is 1. The molecule has 1 aromatic rings. The number of nitrogen functional groups attached to an aromatic ring is 1. The summed E-state index contributed by atoms with van der Waals surface area (Å²) in [5, 5.41) is 0. The Hall–Kier alpha value is -1.13. The van der Waals surface area contributed by atoms with Crippen LogP contribution in [0.1, 0.15) is 36.4 Å². The van der Waals surface area contributed by atoms with Gasteiger partial charge in [-0.05, 0) is 37.8 Å². The molecule has 1 fully saturated rings. The fourth-order valence-corrected chi connectivity index (χ4v) is 2.30. The Bertz CT molecular complexity index is 341. The van der Waals surface area contributed by atoms with Crippen molar-refractivity contribution in [3.05, 3.63) is 23.4 Å². The van der Waals surface area contributed by atoms with Crippen LogP contribution < -0.4 is 11.5 Å². The molecule has 0 saturated carbocycles. The van der Waals surface area contributed by atoms with Crippen LogP contribution in [-0.4, -0.2) is 17.7 Å². The Balaban J connectivity index is 2.10. The van der Waals surface area contributed by atoms with E-state index in [1.165, 1.54) is 0 Å². The summed E-state index contributed by atoms with van der Waals surface area (Å²) < 4.78 is 5.58. The molecule has 0 aliphatic carbocycles. The summed E-state index contributed by atoms with van der Waals surface area (Å²) in [4.78, 5) is 4.09. The van der Waals surface area contributed by atoms with Gasteiger partial charge < -0.3 is 16.2 Å². The fourth-order valence-electron chi connectivity index (χ4n) is 2.30. The zero-order valence-electron chi connectivity index (χ0n) is 9.65. The molecule has 4 N–H and O–H groups in total. The van der Waals surface area contributed by atoms with Crippen LogP contribution in [0.25, 0.3) is 0 Å². The average molecular weight is 221 g/mol. The van der Waals surface area contributed by atoms with Crippen LogP contribution in [0, 0.1) is 6.92 Å². The van der Waals surface area contributed by atoms with Crippen molar-refractivity contribution < 1.29 is 4.74 Å². The van der Waals surface area contributed by atoms with E-state index in [-0.39, 0.29) is 12.1 Å². The molecule has 0 bridgehead atoms. The highest BCUT2D eigenvalue weighted by molar-refractivity contribution is 5.45. The van der Waals surface area contributed by atoms with Gasteiger partial charge in [0.15, 0.2) is 0 Å². The molecule has 1 saturated heterocycles. The Morgan fingerprint density at radius 1 is 1.62 bits per heavy atom. The summed E-state index contributed by atoms with van der Waals surface area (Å²) in [6.45, 7) is 2.88. The molecular weight excluding hydrogens is 202 g/mol. The van der Waals surface area contributed by atoms with Gasteiger partial charge in [0.2, 0.25) is 0 Å². The molecule has 88 valence electrons. The number of nitrogens with two attached hydrogens (primary N) is 2. The first-order valence-electron chi connectivity index (χ1n) is 5.76. The summed E-state index contributed by atoms with van der Waals surface area (Å²) in [6.07, 6.45) is 5.07. The van der Waals surface area contributed by atoms with Crippen molar-refractivity contribution in [3.8, 4) is 0 Å². The molecule has 2 unspecified atom stereocenters. The van der Waals surface area contributed by atoms with Crippen molar-refractivity contribution in [1.82, 2.24) is 4.98 Å². The second kappa shape index (κ2) is 4.80. The second-order valence-corrected chi connectivity index (χ2v) is 4.40. The minimum atomic E-state index is -0.0724. The molecule has 1 aliphatic rings. The maximum atomic E-state index is 6.18. The van der Waals surface area contributed by atoms with E-state index in [1.54, 1.807) is 6.20 Å². The third-order valence-electron chi connectivity index (χ3n) is 3.15. The predicted molar refractivity (Wildman–Crippen MR) is 63.9 cm³/mol. The molecular formula is C12H19N3O. The highest BCUT2D eigenvalue weighted by Gasteiger charge is 2.22. The number of ether oxygens (including phenoxy) is 1. The molecule has 0 amide bonds. The van der Waals surface area contributed by atoms with Gasteiger partial charge in [0.25, 0.3) is 0 Å². The van der Waals surface area contributed by atoms with E-state index in [1.807, 2.05) is 13.0 Å². The van der Waals surface area contributed by atoms with Gasteiger partial charge in [-0.2, -0.15) is 0 Å². The first kappa shape index (κ1) is 11.4. The zero-order chi connectivity index (χ0) is 11.5. The Morgan fingerprint density at radius 2 is 2.44 bits per heavy atom. The lowest BCUT2D eigenvalue weighted by molar-refractivity contribution is 0.0983. The van der Waals surface area contributed by atoms with Crippen LogP contribution in [0.4, 0.5) is 5.82 Å².